The lowest BCUT2D eigenvalue weighted by atomic mass is 9.96. The van der Waals surface area contributed by atoms with E-state index in [1.54, 1.807) is 12.1 Å². The Bertz CT molecular complexity index is 583. The number of hydrogen-bond donors (Lipinski definition) is 1. The van der Waals surface area contributed by atoms with Gasteiger partial charge in [-0.15, -0.1) is 0 Å². The van der Waals surface area contributed by atoms with Crippen LogP contribution in [0.2, 0.25) is 10.0 Å². The summed E-state index contributed by atoms with van der Waals surface area (Å²) in [5, 5.41) is 9.71. The zero-order chi connectivity index (χ0) is 17.2. The second-order valence-corrected chi connectivity index (χ2v) is 6.12. The molecule has 2 atom stereocenters. The number of carboxylic acid groups (broad SMARTS) is 1. The fourth-order valence-electron chi connectivity index (χ4n) is 2.52. The number of aliphatic carboxylic acids is 1. The molecule has 1 aromatic carbocycles. The summed E-state index contributed by atoms with van der Waals surface area (Å²) in [5.41, 5.74) is 0. The number of nitrogens with zero attached hydrogens (tertiary/aromatic N) is 1. The van der Waals surface area contributed by atoms with E-state index in [4.69, 9.17) is 33.0 Å². The third-order valence-corrected chi connectivity index (χ3v) is 4.24. The largest absolute Gasteiger partial charge is 0.491 e. The number of alkyl halides is 3. The van der Waals surface area contributed by atoms with Gasteiger partial charge in [0.05, 0.1) is 16.9 Å². The highest BCUT2D eigenvalue weighted by atomic mass is 35.5. The molecule has 0 bridgehead atoms. The van der Waals surface area contributed by atoms with Gasteiger partial charge in [0.25, 0.3) is 0 Å². The predicted octanol–water partition coefficient (Wildman–Crippen LogP) is 3.57. The molecule has 1 aliphatic heterocycles. The molecule has 1 N–H and O–H groups in total. The molecule has 9 heteroatoms. The van der Waals surface area contributed by atoms with E-state index in [1.807, 2.05) is 0 Å². The Labute approximate surface area is 140 Å². The molecule has 0 unspecified atom stereocenters. The fourth-order valence-corrected chi connectivity index (χ4v) is 2.86. The van der Waals surface area contributed by atoms with Crippen LogP contribution in [0.3, 0.4) is 0 Å². The van der Waals surface area contributed by atoms with Crippen molar-refractivity contribution in [3.63, 3.8) is 0 Å². The second kappa shape index (κ2) is 7.15. The standard InChI is InChI=1S/C14H14Cl2F3NO3/c15-8-1-2-11(16)12(5-8)23-4-3-20-6-9(13(21)22)10(7-20)14(17,18)19/h1-2,5,9-10H,3-4,6-7H2,(H,21,22)/t9-,10-/m1/s1. The molecule has 1 aliphatic rings. The average molecular weight is 372 g/mol. The molecular formula is C14H14Cl2F3NO3. The van der Waals surface area contributed by atoms with Gasteiger partial charge in [-0.2, -0.15) is 13.2 Å². The average Bonchev–Trinajstić information content (AvgIpc) is 2.87. The molecule has 1 saturated heterocycles. The van der Waals surface area contributed by atoms with Crippen LogP contribution in [0.15, 0.2) is 18.2 Å². The monoisotopic (exact) mass is 371 g/mol. The van der Waals surface area contributed by atoms with E-state index < -0.39 is 24.0 Å². The zero-order valence-electron chi connectivity index (χ0n) is 11.8. The minimum atomic E-state index is -4.53. The predicted molar refractivity (Wildman–Crippen MR) is 79.1 cm³/mol. The number of carboxylic acids is 1. The molecular weight excluding hydrogens is 358 g/mol. The third kappa shape index (κ3) is 4.65. The Morgan fingerprint density at radius 3 is 2.61 bits per heavy atom. The molecule has 0 aliphatic carbocycles. The summed E-state index contributed by atoms with van der Waals surface area (Å²) >= 11 is 11.7. The highest BCUT2D eigenvalue weighted by molar-refractivity contribution is 6.34. The zero-order valence-corrected chi connectivity index (χ0v) is 13.3. The van der Waals surface area contributed by atoms with Crippen LogP contribution in [-0.2, 0) is 4.79 Å². The van der Waals surface area contributed by atoms with Gasteiger partial charge in [-0.05, 0) is 12.1 Å². The van der Waals surface area contributed by atoms with Gasteiger partial charge in [-0.25, -0.2) is 0 Å². The van der Waals surface area contributed by atoms with E-state index in [0.29, 0.717) is 15.8 Å². The third-order valence-electron chi connectivity index (χ3n) is 3.69. The van der Waals surface area contributed by atoms with Crippen LogP contribution in [-0.4, -0.2) is 48.4 Å². The Hall–Kier alpha value is -1.18. The lowest BCUT2D eigenvalue weighted by Crippen LogP contribution is -2.33. The molecule has 0 spiro atoms. The van der Waals surface area contributed by atoms with Crippen molar-refractivity contribution in [1.82, 2.24) is 4.90 Å². The molecule has 0 saturated carbocycles. The van der Waals surface area contributed by atoms with Gasteiger partial charge < -0.3 is 9.84 Å². The van der Waals surface area contributed by atoms with Crippen LogP contribution in [0.4, 0.5) is 13.2 Å². The number of carbonyl (C=O) groups is 1. The topological polar surface area (TPSA) is 49.8 Å². The van der Waals surface area contributed by atoms with Crippen molar-refractivity contribution in [3.05, 3.63) is 28.2 Å². The minimum Gasteiger partial charge on any atom is -0.491 e. The molecule has 1 heterocycles. The molecule has 2 rings (SSSR count). The summed E-state index contributed by atoms with van der Waals surface area (Å²) in [7, 11) is 0. The van der Waals surface area contributed by atoms with Gasteiger partial charge in [0, 0.05) is 30.7 Å². The molecule has 4 nitrogen and oxygen atoms in total. The summed E-state index contributed by atoms with van der Waals surface area (Å²) in [6.07, 6.45) is -4.53. The summed E-state index contributed by atoms with van der Waals surface area (Å²) in [6, 6.07) is 4.64. The van der Waals surface area contributed by atoms with Gasteiger partial charge >= 0.3 is 12.1 Å². The van der Waals surface area contributed by atoms with Gasteiger partial charge in [-0.3, -0.25) is 9.69 Å². The van der Waals surface area contributed by atoms with E-state index in [9.17, 15) is 18.0 Å². The van der Waals surface area contributed by atoms with Crippen molar-refractivity contribution >= 4 is 29.2 Å². The first-order valence-electron chi connectivity index (χ1n) is 6.78. The summed E-state index contributed by atoms with van der Waals surface area (Å²) in [5.74, 6) is -4.42. The lowest BCUT2D eigenvalue weighted by Gasteiger charge is -2.18. The Morgan fingerprint density at radius 1 is 1.35 bits per heavy atom. The Morgan fingerprint density at radius 2 is 2.04 bits per heavy atom. The Balaban J connectivity index is 1.92. The molecule has 0 amide bonds. The van der Waals surface area contributed by atoms with Crippen molar-refractivity contribution in [3.8, 4) is 5.75 Å². The van der Waals surface area contributed by atoms with Crippen LogP contribution >= 0.6 is 23.2 Å². The quantitative estimate of drug-likeness (QED) is 0.859. The second-order valence-electron chi connectivity index (χ2n) is 5.28. The first-order valence-corrected chi connectivity index (χ1v) is 7.54. The van der Waals surface area contributed by atoms with Gasteiger partial charge in [0.15, 0.2) is 0 Å². The normalized spacial score (nSPS) is 22.3. The SMILES string of the molecule is O=C(O)[C@@H]1CN(CCOc2cc(Cl)ccc2Cl)C[C@H]1C(F)(F)F. The van der Waals surface area contributed by atoms with Crippen LogP contribution in [0.25, 0.3) is 0 Å². The molecule has 23 heavy (non-hydrogen) atoms. The minimum absolute atomic E-state index is 0.0803. The summed E-state index contributed by atoms with van der Waals surface area (Å²) in [6.45, 7) is -0.268. The van der Waals surface area contributed by atoms with Crippen molar-refractivity contribution in [2.45, 2.75) is 6.18 Å². The first-order chi connectivity index (χ1) is 10.7. The molecule has 1 fully saturated rings. The maximum absolute atomic E-state index is 12.9. The summed E-state index contributed by atoms with van der Waals surface area (Å²) in [4.78, 5) is 12.4. The van der Waals surface area contributed by atoms with Gasteiger partial charge in [0.2, 0.25) is 0 Å². The number of benzene rings is 1. The van der Waals surface area contributed by atoms with Crippen molar-refractivity contribution in [2.24, 2.45) is 11.8 Å². The van der Waals surface area contributed by atoms with Crippen molar-refractivity contribution in [1.29, 1.82) is 0 Å². The van der Waals surface area contributed by atoms with E-state index in [0.717, 1.165) is 0 Å². The van der Waals surface area contributed by atoms with Crippen LogP contribution in [0.1, 0.15) is 0 Å². The van der Waals surface area contributed by atoms with Gasteiger partial charge in [0.1, 0.15) is 12.4 Å². The number of halogens is 5. The lowest BCUT2D eigenvalue weighted by molar-refractivity contribution is -0.188. The number of hydrogen-bond acceptors (Lipinski definition) is 3. The first kappa shape index (κ1) is 18.2. The molecule has 0 radical (unpaired) electrons. The number of likely N-dealkylation sites (tertiary alicyclic amines) is 1. The van der Waals surface area contributed by atoms with E-state index >= 15 is 0 Å². The summed E-state index contributed by atoms with van der Waals surface area (Å²) < 4.78 is 44.0. The smallest absolute Gasteiger partial charge is 0.393 e. The van der Waals surface area contributed by atoms with Crippen LogP contribution < -0.4 is 4.74 Å². The highest BCUT2D eigenvalue weighted by Crippen LogP contribution is 2.37. The number of rotatable bonds is 5. The van der Waals surface area contributed by atoms with Crippen LogP contribution in [0, 0.1) is 11.8 Å². The molecule has 0 aromatic heterocycles. The number of ether oxygens (including phenoxy) is 1. The molecule has 128 valence electrons. The fraction of sp³-hybridized carbons (Fsp3) is 0.500. The van der Waals surface area contributed by atoms with Crippen molar-refractivity contribution in [2.75, 3.05) is 26.2 Å². The van der Waals surface area contributed by atoms with E-state index in [-0.39, 0.29) is 26.2 Å². The maximum Gasteiger partial charge on any atom is 0.393 e. The van der Waals surface area contributed by atoms with Crippen molar-refractivity contribution < 1.29 is 27.8 Å². The molecule has 1 aromatic rings. The van der Waals surface area contributed by atoms with E-state index in [1.165, 1.54) is 11.0 Å². The Kier molecular flexibility index (Phi) is 5.65. The maximum atomic E-state index is 12.9. The highest BCUT2D eigenvalue weighted by Gasteiger charge is 2.52. The van der Waals surface area contributed by atoms with E-state index in [2.05, 4.69) is 0 Å². The van der Waals surface area contributed by atoms with Crippen LogP contribution in [0.5, 0.6) is 5.75 Å². The van der Waals surface area contributed by atoms with Gasteiger partial charge in [-0.1, -0.05) is 23.2 Å².